The molecule has 1 aromatic carbocycles. The maximum Gasteiger partial charge on any atom is 0.178 e. The Morgan fingerprint density at radius 1 is 1.24 bits per heavy atom. The molecule has 0 bridgehead atoms. The summed E-state index contributed by atoms with van der Waals surface area (Å²) in [4.78, 5) is 0.557. The van der Waals surface area contributed by atoms with Crippen molar-refractivity contribution >= 4 is 9.84 Å². The van der Waals surface area contributed by atoms with Gasteiger partial charge in [0.25, 0.3) is 0 Å². The molecule has 2 rings (SSSR count). The van der Waals surface area contributed by atoms with Gasteiger partial charge in [0.1, 0.15) is 0 Å². The minimum atomic E-state index is -3.00. The van der Waals surface area contributed by atoms with Crippen LogP contribution in [-0.4, -0.2) is 14.2 Å². The molecule has 1 aromatic rings. The average molecular weight is 252 g/mol. The maximum absolute atomic E-state index is 11.9. The van der Waals surface area contributed by atoms with Crippen LogP contribution < -0.4 is 0 Å². The second kappa shape index (κ2) is 4.13. The lowest BCUT2D eigenvalue weighted by atomic mass is 9.87. The van der Waals surface area contributed by atoms with Gasteiger partial charge >= 0.3 is 0 Å². The van der Waals surface area contributed by atoms with Crippen molar-refractivity contribution in [3.63, 3.8) is 0 Å². The highest BCUT2D eigenvalue weighted by molar-refractivity contribution is 7.91. The topological polar surface area (TPSA) is 34.1 Å². The Bertz CT molecular complexity index is 522. The third kappa shape index (κ3) is 2.89. The van der Waals surface area contributed by atoms with Crippen LogP contribution in [-0.2, 0) is 22.7 Å². The van der Waals surface area contributed by atoms with Gasteiger partial charge in [-0.3, -0.25) is 0 Å². The second-order valence-corrected chi connectivity index (χ2v) is 8.18. The summed E-state index contributed by atoms with van der Waals surface area (Å²) in [6, 6.07) is 5.84. The summed E-state index contributed by atoms with van der Waals surface area (Å²) in [5.41, 5.74) is 2.49. The summed E-state index contributed by atoms with van der Waals surface area (Å²) in [5, 5.41) is 0. The lowest BCUT2D eigenvalue weighted by Crippen LogP contribution is -2.17. The minimum Gasteiger partial charge on any atom is -0.224 e. The van der Waals surface area contributed by atoms with Crippen LogP contribution in [0, 0.1) is 5.41 Å². The van der Waals surface area contributed by atoms with E-state index in [-0.39, 0.29) is 5.41 Å². The molecule has 0 amide bonds. The van der Waals surface area contributed by atoms with E-state index in [2.05, 4.69) is 26.8 Å². The van der Waals surface area contributed by atoms with E-state index in [0.717, 1.165) is 24.8 Å². The molecule has 0 atom stereocenters. The molecular weight excluding hydrogens is 232 g/mol. The molecule has 1 aliphatic rings. The van der Waals surface area contributed by atoms with Crippen LogP contribution in [0.2, 0.25) is 0 Å². The van der Waals surface area contributed by atoms with Crippen LogP contribution in [0.4, 0.5) is 0 Å². The van der Waals surface area contributed by atoms with Crippen molar-refractivity contribution in [1.82, 2.24) is 0 Å². The molecular formula is C14H20O2S. The number of fused-ring (bicyclic) bond motifs is 1. The highest BCUT2D eigenvalue weighted by Crippen LogP contribution is 2.28. The first kappa shape index (κ1) is 12.6. The molecule has 0 unspecified atom stereocenters. The lowest BCUT2D eigenvalue weighted by Gasteiger charge is -2.21. The van der Waals surface area contributed by atoms with Gasteiger partial charge < -0.3 is 0 Å². The number of rotatable bonds is 1. The number of hydrogen-bond donors (Lipinski definition) is 0. The van der Waals surface area contributed by atoms with Gasteiger partial charge in [0.15, 0.2) is 9.84 Å². The third-order valence-electron chi connectivity index (χ3n) is 3.05. The van der Waals surface area contributed by atoms with Gasteiger partial charge in [-0.25, -0.2) is 8.42 Å². The molecule has 2 nitrogen and oxygen atoms in total. The van der Waals surface area contributed by atoms with E-state index >= 15 is 0 Å². The van der Waals surface area contributed by atoms with Crippen molar-refractivity contribution in [1.29, 1.82) is 0 Å². The number of sulfone groups is 1. The zero-order valence-corrected chi connectivity index (χ0v) is 11.6. The maximum atomic E-state index is 11.9. The van der Waals surface area contributed by atoms with Gasteiger partial charge in [0.2, 0.25) is 0 Å². The summed E-state index contributed by atoms with van der Waals surface area (Å²) in [6.45, 7) is 6.59. The number of aryl methyl sites for hydroxylation is 1. The summed E-state index contributed by atoms with van der Waals surface area (Å²) in [7, 11) is -3.00. The summed E-state index contributed by atoms with van der Waals surface area (Å²) in [6.07, 6.45) is 2.64. The summed E-state index contributed by atoms with van der Waals surface area (Å²) in [5.74, 6) is 0.304. The molecule has 0 N–H and O–H groups in total. The van der Waals surface area contributed by atoms with Crippen molar-refractivity contribution < 1.29 is 8.42 Å². The zero-order valence-electron chi connectivity index (χ0n) is 10.8. The SMILES string of the molecule is CC(C)(C)Cc1ccc2c(c1)CCCS2(=O)=O. The standard InChI is InChI=1S/C14H20O2S/c1-14(2,3)10-11-6-7-13-12(9-11)5-4-8-17(13,15)16/h6-7,9H,4-5,8,10H2,1-3H3. The highest BCUT2D eigenvalue weighted by atomic mass is 32.2. The van der Waals surface area contributed by atoms with Gasteiger partial charge in [-0.15, -0.1) is 0 Å². The number of hydrogen-bond acceptors (Lipinski definition) is 2. The van der Waals surface area contributed by atoms with Gasteiger partial charge in [-0.1, -0.05) is 32.9 Å². The van der Waals surface area contributed by atoms with E-state index in [9.17, 15) is 8.42 Å². The Morgan fingerprint density at radius 2 is 1.94 bits per heavy atom. The monoisotopic (exact) mass is 252 g/mol. The van der Waals surface area contributed by atoms with E-state index in [4.69, 9.17) is 0 Å². The molecule has 0 spiro atoms. The van der Waals surface area contributed by atoms with E-state index in [1.807, 2.05) is 6.07 Å². The van der Waals surface area contributed by atoms with E-state index in [1.54, 1.807) is 6.07 Å². The molecule has 1 heterocycles. The normalized spacial score (nSPS) is 18.8. The molecule has 3 heteroatoms. The Balaban J connectivity index is 2.39. The third-order valence-corrected chi connectivity index (χ3v) is 4.95. The zero-order chi connectivity index (χ0) is 12.7. The fourth-order valence-electron chi connectivity index (χ4n) is 2.42. The predicted octanol–water partition coefficient (Wildman–Crippen LogP) is 3.00. The molecule has 0 aromatic heterocycles. The van der Waals surface area contributed by atoms with Gasteiger partial charge in [0, 0.05) is 0 Å². The lowest BCUT2D eigenvalue weighted by molar-refractivity contribution is 0.411. The van der Waals surface area contributed by atoms with E-state index in [1.165, 1.54) is 5.56 Å². The van der Waals surface area contributed by atoms with Crippen molar-refractivity contribution in [3.8, 4) is 0 Å². The Morgan fingerprint density at radius 3 is 2.59 bits per heavy atom. The Hall–Kier alpha value is -0.830. The van der Waals surface area contributed by atoms with Gasteiger partial charge in [0.05, 0.1) is 10.6 Å². The second-order valence-electron chi connectivity index (χ2n) is 6.10. The molecule has 0 radical (unpaired) electrons. The van der Waals surface area contributed by atoms with Crippen LogP contribution in [0.15, 0.2) is 23.1 Å². The van der Waals surface area contributed by atoms with E-state index in [0.29, 0.717) is 10.6 Å². The Kier molecular flexibility index (Phi) is 3.06. The summed E-state index contributed by atoms with van der Waals surface area (Å²) < 4.78 is 23.7. The number of benzene rings is 1. The molecule has 94 valence electrons. The molecule has 1 aliphatic heterocycles. The quantitative estimate of drug-likeness (QED) is 0.770. The molecule has 17 heavy (non-hydrogen) atoms. The van der Waals surface area contributed by atoms with Crippen molar-refractivity contribution in [2.75, 3.05) is 5.75 Å². The fourth-order valence-corrected chi connectivity index (χ4v) is 4.00. The van der Waals surface area contributed by atoms with Crippen LogP contribution in [0.1, 0.15) is 38.3 Å². The first-order valence-electron chi connectivity index (χ1n) is 6.12. The van der Waals surface area contributed by atoms with Crippen LogP contribution >= 0.6 is 0 Å². The first-order chi connectivity index (χ1) is 7.78. The van der Waals surface area contributed by atoms with Crippen molar-refractivity contribution in [2.24, 2.45) is 5.41 Å². The first-order valence-corrected chi connectivity index (χ1v) is 7.78. The van der Waals surface area contributed by atoms with E-state index < -0.39 is 9.84 Å². The van der Waals surface area contributed by atoms with Gasteiger partial charge in [-0.05, 0) is 41.9 Å². The highest BCUT2D eigenvalue weighted by Gasteiger charge is 2.23. The molecule has 0 saturated carbocycles. The Labute approximate surface area is 104 Å². The average Bonchev–Trinajstić information content (AvgIpc) is 2.13. The minimum absolute atomic E-state index is 0.238. The largest absolute Gasteiger partial charge is 0.224 e. The predicted molar refractivity (Wildman–Crippen MR) is 70.0 cm³/mol. The van der Waals surface area contributed by atoms with Crippen LogP contribution in [0.25, 0.3) is 0 Å². The molecule has 0 aliphatic carbocycles. The summed E-state index contributed by atoms with van der Waals surface area (Å²) >= 11 is 0. The fraction of sp³-hybridized carbons (Fsp3) is 0.571. The van der Waals surface area contributed by atoms with Gasteiger partial charge in [-0.2, -0.15) is 0 Å². The van der Waals surface area contributed by atoms with Crippen LogP contribution in [0.3, 0.4) is 0 Å². The molecule has 0 fully saturated rings. The smallest absolute Gasteiger partial charge is 0.178 e. The van der Waals surface area contributed by atoms with Crippen molar-refractivity contribution in [3.05, 3.63) is 29.3 Å². The van der Waals surface area contributed by atoms with Crippen molar-refractivity contribution in [2.45, 2.75) is 44.9 Å². The molecule has 0 saturated heterocycles. The van der Waals surface area contributed by atoms with Crippen LogP contribution in [0.5, 0.6) is 0 Å².